The zero-order chi connectivity index (χ0) is 31.9. The average Bonchev–Trinajstić information content (AvgIpc) is 2.85. The van der Waals surface area contributed by atoms with Gasteiger partial charge in [0.1, 0.15) is 37.9 Å². The Labute approximate surface area is 253 Å². The summed E-state index contributed by atoms with van der Waals surface area (Å²) in [6.45, 7) is 26.5. The number of carbonyl (C=O) groups is 2. The zero-order valence-electron chi connectivity index (χ0n) is 27.9. The molecule has 2 aromatic rings. The van der Waals surface area contributed by atoms with Crippen molar-refractivity contribution in [2.45, 2.75) is 105 Å². The van der Waals surface area contributed by atoms with E-state index >= 15 is 0 Å². The zero-order valence-corrected chi connectivity index (χ0v) is 27.9. The van der Waals surface area contributed by atoms with Gasteiger partial charge in [-0.25, -0.2) is 9.59 Å². The van der Waals surface area contributed by atoms with Gasteiger partial charge in [-0.3, -0.25) is 0 Å². The molecule has 6 nitrogen and oxygen atoms in total. The normalized spacial score (nSPS) is 12.8. The van der Waals surface area contributed by atoms with Crippen LogP contribution in [0.2, 0.25) is 0 Å². The molecule has 0 atom stereocenters. The van der Waals surface area contributed by atoms with Crippen LogP contribution in [0.3, 0.4) is 0 Å². The van der Waals surface area contributed by atoms with Gasteiger partial charge >= 0.3 is 11.9 Å². The molecule has 42 heavy (non-hydrogen) atoms. The number of ether oxygens (including phenoxy) is 4. The Morgan fingerprint density at radius 3 is 1.14 bits per heavy atom. The minimum absolute atomic E-state index is 0.0305. The second-order valence-electron chi connectivity index (χ2n) is 14.8. The van der Waals surface area contributed by atoms with E-state index in [2.05, 4.69) is 107 Å². The molecule has 0 spiro atoms. The smallest absolute Gasteiger partial charge is 0.331 e. The summed E-state index contributed by atoms with van der Waals surface area (Å²) in [6.07, 6.45) is 2.12. The molecule has 2 aromatic carbocycles. The monoisotopic (exact) mass is 580 g/mol. The van der Waals surface area contributed by atoms with Gasteiger partial charge in [0.2, 0.25) is 0 Å². The first-order valence-electron chi connectivity index (χ1n) is 14.8. The SMILES string of the molecule is CC(C)(C)c1ccc(OCCOC(=O)C=CC(=O)OCCOc2ccc(C(C)(C)C)cc2C(C)(C)C)c(C(C)(C)C)c1. The van der Waals surface area contributed by atoms with Crippen LogP contribution >= 0.6 is 0 Å². The maximum Gasteiger partial charge on any atom is 0.331 e. The quantitative estimate of drug-likeness (QED) is 0.161. The highest BCUT2D eigenvalue weighted by Crippen LogP contribution is 2.36. The van der Waals surface area contributed by atoms with Crippen LogP contribution in [0, 0.1) is 0 Å². The summed E-state index contributed by atoms with van der Waals surface area (Å²) in [5, 5.41) is 0. The fourth-order valence-electron chi connectivity index (χ4n) is 4.24. The molecule has 0 bridgehead atoms. The fourth-order valence-corrected chi connectivity index (χ4v) is 4.24. The van der Waals surface area contributed by atoms with Crippen LogP contribution in [0.25, 0.3) is 0 Å². The number of carbonyl (C=O) groups excluding carboxylic acids is 2. The van der Waals surface area contributed by atoms with Crippen molar-refractivity contribution in [1.29, 1.82) is 0 Å². The topological polar surface area (TPSA) is 71.1 Å². The lowest BCUT2D eigenvalue weighted by molar-refractivity contribution is -0.141. The first kappa shape index (κ1) is 34.9. The van der Waals surface area contributed by atoms with Crippen molar-refractivity contribution in [3.8, 4) is 11.5 Å². The predicted octanol–water partition coefficient (Wildman–Crippen LogP) is 7.98. The Hall–Kier alpha value is -3.28. The number of esters is 2. The fraction of sp³-hybridized carbons (Fsp3) is 0.556. The molecule has 0 aliphatic carbocycles. The van der Waals surface area contributed by atoms with Crippen LogP contribution in [0.5, 0.6) is 11.5 Å². The van der Waals surface area contributed by atoms with E-state index in [9.17, 15) is 9.59 Å². The van der Waals surface area contributed by atoms with Crippen molar-refractivity contribution >= 4 is 11.9 Å². The molecule has 0 heterocycles. The standard InChI is InChI=1S/C36H52O6/c1-33(2,3)25-13-15-29(27(23-25)35(7,8)9)39-19-21-41-31(37)17-18-32(38)42-22-20-40-30-16-14-26(34(4,5)6)24-28(30)36(10,11)12/h13-18,23-24H,19-22H2,1-12H3. The molecule has 0 aromatic heterocycles. The van der Waals surface area contributed by atoms with Crippen molar-refractivity contribution in [2.24, 2.45) is 0 Å². The van der Waals surface area contributed by atoms with Gasteiger partial charge < -0.3 is 18.9 Å². The molecule has 0 amide bonds. The van der Waals surface area contributed by atoms with Crippen LogP contribution in [0.15, 0.2) is 48.6 Å². The van der Waals surface area contributed by atoms with E-state index in [1.807, 2.05) is 12.1 Å². The molecule has 6 heteroatoms. The summed E-state index contributed by atoms with van der Waals surface area (Å²) in [7, 11) is 0. The summed E-state index contributed by atoms with van der Waals surface area (Å²) in [5.74, 6) is 0.264. The lowest BCUT2D eigenvalue weighted by atomic mass is 9.80. The van der Waals surface area contributed by atoms with Crippen LogP contribution in [-0.4, -0.2) is 38.4 Å². The molecule has 0 saturated carbocycles. The van der Waals surface area contributed by atoms with Crippen molar-refractivity contribution in [3.05, 3.63) is 70.8 Å². The molecule has 0 fully saturated rings. The molecule has 0 saturated heterocycles. The number of hydrogen-bond donors (Lipinski definition) is 0. The third kappa shape index (κ3) is 10.8. The number of hydrogen-bond acceptors (Lipinski definition) is 6. The van der Waals surface area contributed by atoms with Gasteiger partial charge in [-0.05, 0) is 56.0 Å². The number of rotatable bonds is 10. The lowest BCUT2D eigenvalue weighted by Gasteiger charge is -2.27. The third-order valence-corrected chi connectivity index (χ3v) is 6.83. The van der Waals surface area contributed by atoms with Crippen LogP contribution in [0.1, 0.15) is 105 Å². The maximum absolute atomic E-state index is 12.1. The van der Waals surface area contributed by atoms with E-state index < -0.39 is 11.9 Å². The van der Waals surface area contributed by atoms with Crippen LogP contribution in [-0.2, 0) is 40.7 Å². The Balaban J connectivity index is 1.81. The molecule has 0 radical (unpaired) electrons. The molecule has 0 unspecified atom stereocenters. The van der Waals surface area contributed by atoms with Gasteiger partial charge in [0.15, 0.2) is 0 Å². The Bertz CT molecular complexity index is 1150. The van der Waals surface area contributed by atoms with Gasteiger partial charge in [-0.15, -0.1) is 0 Å². The molecule has 232 valence electrons. The highest BCUT2D eigenvalue weighted by molar-refractivity contribution is 5.91. The molecular formula is C36H52O6. The molecule has 2 rings (SSSR count). The van der Waals surface area contributed by atoms with Crippen molar-refractivity contribution in [1.82, 2.24) is 0 Å². The molecule has 0 N–H and O–H groups in total. The minimum Gasteiger partial charge on any atom is -0.490 e. The highest BCUT2D eigenvalue weighted by Gasteiger charge is 2.24. The molecule has 0 aliphatic rings. The van der Waals surface area contributed by atoms with Crippen molar-refractivity contribution < 1.29 is 28.5 Å². The minimum atomic E-state index is -0.639. The Morgan fingerprint density at radius 2 is 0.857 bits per heavy atom. The largest absolute Gasteiger partial charge is 0.490 e. The summed E-state index contributed by atoms with van der Waals surface area (Å²) >= 11 is 0. The number of benzene rings is 2. The first-order valence-corrected chi connectivity index (χ1v) is 14.8. The van der Waals surface area contributed by atoms with E-state index in [0.717, 1.165) is 34.8 Å². The lowest BCUT2D eigenvalue weighted by Crippen LogP contribution is -2.19. The molecular weight excluding hydrogens is 528 g/mol. The van der Waals surface area contributed by atoms with Crippen LogP contribution in [0.4, 0.5) is 0 Å². The summed E-state index contributed by atoms with van der Waals surface area (Å²) in [4.78, 5) is 24.2. The maximum atomic E-state index is 12.1. The highest BCUT2D eigenvalue weighted by atomic mass is 16.6. The van der Waals surface area contributed by atoms with Gasteiger partial charge in [0.25, 0.3) is 0 Å². The summed E-state index contributed by atoms with van der Waals surface area (Å²) in [5.41, 5.74) is 4.53. The first-order chi connectivity index (χ1) is 19.2. The third-order valence-electron chi connectivity index (χ3n) is 6.83. The second kappa shape index (κ2) is 13.8. The van der Waals surface area contributed by atoms with E-state index in [1.54, 1.807) is 0 Å². The van der Waals surface area contributed by atoms with Crippen LogP contribution < -0.4 is 9.47 Å². The summed E-state index contributed by atoms with van der Waals surface area (Å²) in [6, 6.07) is 12.5. The Kier molecular flexibility index (Phi) is 11.5. The van der Waals surface area contributed by atoms with Crippen molar-refractivity contribution in [3.63, 3.8) is 0 Å². The van der Waals surface area contributed by atoms with Gasteiger partial charge in [0.05, 0.1) is 0 Å². The van der Waals surface area contributed by atoms with Crippen molar-refractivity contribution in [2.75, 3.05) is 26.4 Å². The van der Waals surface area contributed by atoms with Gasteiger partial charge in [-0.2, -0.15) is 0 Å². The molecule has 0 aliphatic heterocycles. The Morgan fingerprint density at radius 1 is 0.524 bits per heavy atom. The van der Waals surface area contributed by atoms with Gasteiger partial charge in [0, 0.05) is 12.2 Å². The predicted molar refractivity (Wildman–Crippen MR) is 170 cm³/mol. The van der Waals surface area contributed by atoms with E-state index in [1.165, 1.54) is 11.1 Å². The van der Waals surface area contributed by atoms with E-state index in [-0.39, 0.29) is 48.1 Å². The summed E-state index contributed by atoms with van der Waals surface area (Å²) < 4.78 is 22.3. The van der Waals surface area contributed by atoms with E-state index in [0.29, 0.717) is 0 Å². The van der Waals surface area contributed by atoms with Gasteiger partial charge in [-0.1, -0.05) is 107 Å². The average molecular weight is 581 g/mol. The second-order valence-corrected chi connectivity index (χ2v) is 14.8. The van der Waals surface area contributed by atoms with E-state index in [4.69, 9.17) is 18.9 Å².